The molecule has 5 rings (SSSR count). The normalized spacial score (nSPS) is 11.5. The summed E-state index contributed by atoms with van der Waals surface area (Å²) in [6.45, 7) is 8.65. The molecular formula is C32H29N3O5. The standard InChI is InChI=1S/C32H29N3O5/c1-5-39-29-15-20(4)26(17-25(29)19(2)3)30-34-27-12-7-6-11-24(27)31(36)35(30)33-18-23-13-14-28(40-23)21-9-8-10-22(16-21)32(37)38/h6-19H,5H2,1-4H3,(H,37,38). The minimum absolute atomic E-state index is 0.161. The zero-order valence-electron chi connectivity index (χ0n) is 22.7. The molecule has 0 aliphatic rings. The van der Waals surface area contributed by atoms with Gasteiger partial charge in [-0.2, -0.15) is 9.78 Å². The highest BCUT2D eigenvalue weighted by Crippen LogP contribution is 2.34. The SMILES string of the molecule is CCOc1cc(C)c(-c2nc3ccccc3c(=O)n2N=Cc2ccc(-c3cccc(C(=O)O)c3)o2)cc1C(C)C. The molecule has 0 atom stereocenters. The van der Waals surface area contributed by atoms with Gasteiger partial charge in [0.25, 0.3) is 5.56 Å². The second-order valence-corrected chi connectivity index (χ2v) is 9.69. The molecule has 8 nitrogen and oxygen atoms in total. The topological polar surface area (TPSA) is 107 Å². The number of carbonyl (C=O) groups is 1. The summed E-state index contributed by atoms with van der Waals surface area (Å²) in [6.07, 6.45) is 1.46. The zero-order valence-corrected chi connectivity index (χ0v) is 22.7. The van der Waals surface area contributed by atoms with E-state index in [0.717, 1.165) is 22.4 Å². The van der Waals surface area contributed by atoms with Gasteiger partial charge >= 0.3 is 5.97 Å². The van der Waals surface area contributed by atoms with E-state index in [-0.39, 0.29) is 17.0 Å². The molecule has 0 fully saturated rings. The van der Waals surface area contributed by atoms with Crippen LogP contribution in [0.3, 0.4) is 0 Å². The maximum Gasteiger partial charge on any atom is 0.335 e. The third-order valence-corrected chi connectivity index (χ3v) is 6.59. The quantitative estimate of drug-likeness (QED) is 0.221. The number of hydrogen-bond donors (Lipinski definition) is 1. The van der Waals surface area contributed by atoms with Crippen LogP contribution in [-0.2, 0) is 0 Å². The molecular weight excluding hydrogens is 506 g/mol. The third-order valence-electron chi connectivity index (χ3n) is 6.59. The van der Waals surface area contributed by atoms with Gasteiger partial charge in [0, 0.05) is 11.1 Å². The molecule has 8 heteroatoms. The molecule has 3 aromatic carbocycles. The monoisotopic (exact) mass is 535 g/mol. The lowest BCUT2D eigenvalue weighted by Crippen LogP contribution is -2.20. The summed E-state index contributed by atoms with van der Waals surface area (Å²) in [6, 6.07) is 21.1. The number of ether oxygens (including phenoxy) is 1. The fourth-order valence-electron chi connectivity index (χ4n) is 4.57. The minimum Gasteiger partial charge on any atom is -0.494 e. The van der Waals surface area contributed by atoms with Crippen LogP contribution < -0.4 is 10.3 Å². The maximum absolute atomic E-state index is 13.7. The molecule has 0 bridgehead atoms. The van der Waals surface area contributed by atoms with Gasteiger partial charge in [-0.25, -0.2) is 9.78 Å². The number of para-hydroxylation sites is 1. The zero-order chi connectivity index (χ0) is 28.4. The number of rotatable bonds is 8. The fraction of sp³-hybridized carbons (Fsp3) is 0.188. The Morgan fingerprint density at radius 2 is 1.90 bits per heavy atom. The first kappa shape index (κ1) is 26.6. The average Bonchev–Trinajstić information content (AvgIpc) is 3.42. The van der Waals surface area contributed by atoms with Gasteiger partial charge in [-0.1, -0.05) is 38.1 Å². The smallest absolute Gasteiger partial charge is 0.335 e. The van der Waals surface area contributed by atoms with Crippen molar-refractivity contribution in [3.8, 4) is 28.5 Å². The van der Waals surface area contributed by atoms with Crippen molar-refractivity contribution in [3.63, 3.8) is 0 Å². The molecule has 2 heterocycles. The second kappa shape index (κ2) is 11.0. The minimum atomic E-state index is -1.02. The molecule has 0 aliphatic heterocycles. The highest BCUT2D eigenvalue weighted by atomic mass is 16.5. The third kappa shape index (κ3) is 5.16. The van der Waals surface area contributed by atoms with Gasteiger partial charge in [-0.3, -0.25) is 4.79 Å². The number of aromatic carboxylic acids is 1. The highest BCUT2D eigenvalue weighted by Gasteiger charge is 2.19. The summed E-state index contributed by atoms with van der Waals surface area (Å²) in [4.78, 5) is 29.9. The first-order chi connectivity index (χ1) is 19.3. The summed E-state index contributed by atoms with van der Waals surface area (Å²) < 4.78 is 13.1. The lowest BCUT2D eigenvalue weighted by atomic mass is 9.96. The molecule has 202 valence electrons. The van der Waals surface area contributed by atoms with Gasteiger partial charge in [0.15, 0.2) is 5.82 Å². The van der Waals surface area contributed by atoms with E-state index < -0.39 is 5.97 Å². The van der Waals surface area contributed by atoms with E-state index in [4.69, 9.17) is 14.1 Å². The summed E-state index contributed by atoms with van der Waals surface area (Å²) >= 11 is 0. The number of carboxylic acid groups (broad SMARTS) is 1. The van der Waals surface area contributed by atoms with E-state index in [1.807, 2.05) is 38.1 Å². The van der Waals surface area contributed by atoms with Gasteiger partial charge in [0.1, 0.15) is 17.3 Å². The van der Waals surface area contributed by atoms with E-state index in [0.29, 0.717) is 40.4 Å². The Labute approximate surface area is 231 Å². The second-order valence-electron chi connectivity index (χ2n) is 9.69. The Hall–Kier alpha value is -4.98. The molecule has 1 N–H and O–H groups in total. The largest absolute Gasteiger partial charge is 0.494 e. The van der Waals surface area contributed by atoms with Crippen molar-refractivity contribution in [1.82, 2.24) is 9.66 Å². The molecule has 40 heavy (non-hydrogen) atoms. The van der Waals surface area contributed by atoms with Crippen LogP contribution in [-0.4, -0.2) is 33.6 Å². The van der Waals surface area contributed by atoms with Crippen molar-refractivity contribution in [1.29, 1.82) is 0 Å². The first-order valence-corrected chi connectivity index (χ1v) is 13.0. The number of furan rings is 1. The van der Waals surface area contributed by atoms with Crippen LogP contribution in [0, 0.1) is 6.92 Å². The van der Waals surface area contributed by atoms with Gasteiger partial charge in [-0.15, -0.1) is 0 Å². The Bertz CT molecular complexity index is 1810. The predicted molar refractivity (Wildman–Crippen MR) is 156 cm³/mol. The first-order valence-electron chi connectivity index (χ1n) is 13.0. The molecule has 0 radical (unpaired) electrons. The van der Waals surface area contributed by atoms with E-state index in [9.17, 15) is 14.7 Å². The van der Waals surface area contributed by atoms with Gasteiger partial charge < -0.3 is 14.3 Å². The molecule has 0 amide bonds. The molecule has 0 unspecified atom stereocenters. The number of fused-ring (bicyclic) bond motifs is 1. The van der Waals surface area contributed by atoms with Crippen LogP contribution in [0.2, 0.25) is 0 Å². The number of aryl methyl sites for hydroxylation is 1. The number of carboxylic acids is 1. The van der Waals surface area contributed by atoms with Gasteiger partial charge in [-0.05, 0) is 79.4 Å². The average molecular weight is 536 g/mol. The lowest BCUT2D eigenvalue weighted by molar-refractivity contribution is 0.0697. The molecule has 0 saturated heterocycles. The van der Waals surface area contributed by atoms with Crippen molar-refractivity contribution in [2.75, 3.05) is 6.61 Å². The van der Waals surface area contributed by atoms with Crippen molar-refractivity contribution >= 4 is 23.1 Å². The number of benzene rings is 3. The Morgan fingerprint density at radius 3 is 2.65 bits per heavy atom. The molecule has 0 saturated carbocycles. The maximum atomic E-state index is 13.7. The Morgan fingerprint density at radius 1 is 1.10 bits per heavy atom. The number of hydrogen-bond acceptors (Lipinski definition) is 6. The number of nitrogens with zero attached hydrogens (tertiary/aromatic N) is 3. The van der Waals surface area contributed by atoms with Crippen LogP contribution in [0.5, 0.6) is 5.75 Å². The summed E-state index contributed by atoms with van der Waals surface area (Å²) in [7, 11) is 0. The van der Waals surface area contributed by atoms with Gasteiger partial charge in [0.2, 0.25) is 0 Å². The highest BCUT2D eigenvalue weighted by molar-refractivity contribution is 5.89. The van der Waals surface area contributed by atoms with E-state index in [1.165, 1.54) is 17.0 Å². The van der Waals surface area contributed by atoms with E-state index in [1.54, 1.807) is 42.5 Å². The lowest BCUT2D eigenvalue weighted by Gasteiger charge is -2.18. The fourth-order valence-corrected chi connectivity index (χ4v) is 4.57. The van der Waals surface area contributed by atoms with Crippen LogP contribution in [0.1, 0.15) is 53.9 Å². The van der Waals surface area contributed by atoms with Crippen LogP contribution in [0.25, 0.3) is 33.6 Å². The number of aromatic nitrogens is 2. The van der Waals surface area contributed by atoms with Crippen molar-refractivity contribution in [3.05, 3.63) is 106 Å². The van der Waals surface area contributed by atoms with E-state index in [2.05, 4.69) is 18.9 Å². The van der Waals surface area contributed by atoms with Crippen molar-refractivity contribution in [2.45, 2.75) is 33.6 Å². The predicted octanol–water partition coefficient (Wildman–Crippen LogP) is 6.73. The van der Waals surface area contributed by atoms with Crippen LogP contribution in [0.4, 0.5) is 0 Å². The van der Waals surface area contributed by atoms with Crippen LogP contribution >= 0.6 is 0 Å². The summed E-state index contributed by atoms with van der Waals surface area (Å²) in [5, 5.41) is 14.3. The molecule has 5 aromatic rings. The van der Waals surface area contributed by atoms with Crippen molar-refractivity contribution in [2.24, 2.45) is 5.10 Å². The molecule has 2 aromatic heterocycles. The van der Waals surface area contributed by atoms with Crippen LogP contribution in [0.15, 0.2) is 87.1 Å². The molecule has 0 aliphatic carbocycles. The van der Waals surface area contributed by atoms with Crippen molar-refractivity contribution < 1.29 is 19.1 Å². The Kier molecular flexibility index (Phi) is 7.33. The summed E-state index contributed by atoms with van der Waals surface area (Å²) in [5.41, 5.74) is 3.74. The Balaban J connectivity index is 1.63. The van der Waals surface area contributed by atoms with E-state index >= 15 is 0 Å². The molecule has 0 spiro atoms. The summed E-state index contributed by atoms with van der Waals surface area (Å²) in [5.74, 6) is 1.27. The van der Waals surface area contributed by atoms with Gasteiger partial charge in [0.05, 0.1) is 29.3 Å².